The van der Waals surface area contributed by atoms with Crippen molar-refractivity contribution in [2.24, 2.45) is 5.73 Å². The van der Waals surface area contributed by atoms with E-state index in [0.717, 1.165) is 0 Å². The molecular weight excluding hydrogens is 276 g/mol. The van der Waals surface area contributed by atoms with Crippen molar-refractivity contribution in [1.29, 1.82) is 0 Å². The molecule has 0 spiro atoms. The normalized spacial score (nSPS) is 13.2. The van der Waals surface area contributed by atoms with E-state index in [-0.39, 0.29) is 12.5 Å². The fraction of sp³-hybridized carbons (Fsp3) is 0.500. The van der Waals surface area contributed by atoms with Gasteiger partial charge in [-0.05, 0) is 6.92 Å². The number of aliphatic hydroxyl groups excluding tert-OH is 1. The Morgan fingerprint density at radius 1 is 1.19 bits per heavy atom. The lowest BCUT2D eigenvalue weighted by Gasteiger charge is -2.17. The number of benzene rings is 1. The van der Waals surface area contributed by atoms with Gasteiger partial charge >= 0.3 is 0 Å². The molecule has 1 aromatic carbocycles. The molecule has 21 heavy (non-hydrogen) atoms. The number of ether oxygens (including phenoxy) is 3. The van der Waals surface area contributed by atoms with Crippen LogP contribution in [-0.4, -0.2) is 51.0 Å². The maximum atomic E-state index is 12.2. The van der Waals surface area contributed by atoms with Gasteiger partial charge in [-0.3, -0.25) is 4.79 Å². The lowest BCUT2D eigenvalue weighted by Crippen LogP contribution is -2.43. The van der Waals surface area contributed by atoms with Crippen molar-refractivity contribution in [2.75, 3.05) is 27.9 Å². The minimum Gasteiger partial charge on any atom is -0.496 e. The van der Waals surface area contributed by atoms with E-state index in [2.05, 4.69) is 5.32 Å². The molecule has 0 saturated heterocycles. The summed E-state index contributed by atoms with van der Waals surface area (Å²) in [4.78, 5) is 12.2. The monoisotopic (exact) mass is 298 g/mol. The first-order valence-corrected chi connectivity index (χ1v) is 6.46. The predicted molar refractivity (Wildman–Crippen MR) is 78.1 cm³/mol. The molecule has 0 aliphatic heterocycles. The van der Waals surface area contributed by atoms with Crippen LogP contribution in [0.4, 0.5) is 0 Å². The molecule has 118 valence electrons. The van der Waals surface area contributed by atoms with Crippen molar-refractivity contribution in [3.63, 3.8) is 0 Å². The van der Waals surface area contributed by atoms with Crippen molar-refractivity contribution in [2.45, 2.75) is 19.1 Å². The quantitative estimate of drug-likeness (QED) is 0.662. The van der Waals surface area contributed by atoms with Gasteiger partial charge in [-0.2, -0.15) is 0 Å². The van der Waals surface area contributed by atoms with Gasteiger partial charge in [0.25, 0.3) is 5.91 Å². The Morgan fingerprint density at radius 2 is 1.71 bits per heavy atom. The summed E-state index contributed by atoms with van der Waals surface area (Å²) in [5.41, 5.74) is 5.97. The topological polar surface area (TPSA) is 103 Å². The zero-order chi connectivity index (χ0) is 16.0. The molecule has 0 bridgehead atoms. The summed E-state index contributed by atoms with van der Waals surface area (Å²) in [7, 11) is 4.44. The summed E-state index contributed by atoms with van der Waals surface area (Å²) in [6.07, 6.45) is -0.711. The van der Waals surface area contributed by atoms with Crippen LogP contribution in [0.3, 0.4) is 0 Å². The van der Waals surface area contributed by atoms with E-state index in [0.29, 0.717) is 22.8 Å². The van der Waals surface area contributed by atoms with Gasteiger partial charge in [0.05, 0.1) is 33.0 Å². The summed E-state index contributed by atoms with van der Waals surface area (Å²) < 4.78 is 15.5. The number of nitrogens with two attached hydrogens (primary N) is 1. The first-order valence-electron chi connectivity index (χ1n) is 6.46. The summed E-state index contributed by atoms with van der Waals surface area (Å²) in [6.45, 7) is 1.71. The maximum Gasteiger partial charge on any atom is 0.255 e. The molecule has 1 rings (SSSR count). The van der Waals surface area contributed by atoms with Gasteiger partial charge in [0.2, 0.25) is 0 Å². The molecule has 0 radical (unpaired) electrons. The summed E-state index contributed by atoms with van der Waals surface area (Å²) >= 11 is 0. The lowest BCUT2D eigenvalue weighted by atomic mass is 10.1. The minimum absolute atomic E-state index is 0.147. The molecule has 7 nitrogen and oxygen atoms in total. The molecule has 0 aliphatic carbocycles. The fourth-order valence-corrected chi connectivity index (χ4v) is 1.68. The molecule has 1 amide bonds. The van der Waals surface area contributed by atoms with E-state index >= 15 is 0 Å². The Hall–Kier alpha value is -1.99. The van der Waals surface area contributed by atoms with Crippen molar-refractivity contribution < 1.29 is 24.1 Å². The van der Waals surface area contributed by atoms with Crippen LogP contribution in [0.5, 0.6) is 17.2 Å². The van der Waals surface area contributed by atoms with Crippen molar-refractivity contribution in [3.05, 3.63) is 17.7 Å². The predicted octanol–water partition coefficient (Wildman–Crippen LogP) is 0.150. The number of carbonyl (C=O) groups excluding carboxylic acids is 1. The molecule has 4 N–H and O–H groups in total. The van der Waals surface area contributed by atoms with Gasteiger partial charge in [-0.1, -0.05) is 0 Å². The van der Waals surface area contributed by atoms with E-state index in [9.17, 15) is 9.90 Å². The third-order valence-electron chi connectivity index (χ3n) is 3.07. The molecule has 1 aromatic rings. The highest BCUT2D eigenvalue weighted by molar-refractivity contribution is 5.97. The molecular formula is C14H22N2O5. The molecule has 0 saturated carbocycles. The highest BCUT2D eigenvalue weighted by atomic mass is 16.5. The van der Waals surface area contributed by atoms with Gasteiger partial charge in [0.15, 0.2) is 11.5 Å². The second-order valence-electron chi connectivity index (χ2n) is 4.52. The van der Waals surface area contributed by atoms with Crippen LogP contribution in [0.2, 0.25) is 0 Å². The highest BCUT2D eigenvalue weighted by Gasteiger charge is 2.19. The van der Waals surface area contributed by atoms with Crippen molar-refractivity contribution in [1.82, 2.24) is 5.32 Å². The van der Waals surface area contributed by atoms with Crippen LogP contribution in [0, 0.1) is 0 Å². The molecule has 7 heteroatoms. The number of methoxy groups -OCH3 is 3. The van der Waals surface area contributed by atoms with E-state index < -0.39 is 12.1 Å². The SMILES string of the molecule is COc1cc(OC)c(C(=O)NCC(N)C(C)O)cc1OC. The molecule has 0 heterocycles. The molecule has 0 aliphatic rings. The van der Waals surface area contributed by atoms with Gasteiger partial charge in [-0.15, -0.1) is 0 Å². The maximum absolute atomic E-state index is 12.2. The van der Waals surface area contributed by atoms with Crippen LogP contribution in [0.1, 0.15) is 17.3 Å². The molecule has 0 aromatic heterocycles. The minimum atomic E-state index is -0.711. The van der Waals surface area contributed by atoms with Gasteiger partial charge in [-0.25, -0.2) is 0 Å². The average Bonchev–Trinajstić information content (AvgIpc) is 2.50. The zero-order valence-corrected chi connectivity index (χ0v) is 12.7. The Kier molecular flexibility index (Phi) is 6.26. The number of carbonyl (C=O) groups is 1. The second-order valence-corrected chi connectivity index (χ2v) is 4.52. The molecule has 2 unspecified atom stereocenters. The number of nitrogens with one attached hydrogen (secondary N) is 1. The van der Waals surface area contributed by atoms with Crippen LogP contribution >= 0.6 is 0 Å². The summed E-state index contributed by atoms with van der Waals surface area (Å²) in [5.74, 6) is 0.870. The van der Waals surface area contributed by atoms with Crippen LogP contribution in [-0.2, 0) is 0 Å². The van der Waals surface area contributed by atoms with Gasteiger partial charge in [0, 0.05) is 24.7 Å². The van der Waals surface area contributed by atoms with Gasteiger partial charge in [0.1, 0.15) is 5.75 Å². The Labute approximate surface area is 124 Å². The summed E-state index contributed by atoms with van der Waals surface area (Å²) in [5, 5.41) is 12.0. The number of hydrogen-bond acceptors (Lipinski definition) is 6. The van der Waals surface area contributed by atoms with Crippen LogP contribution in [0.25, 0.3) is 0 Å². The smallest absolute Gasteiger partial charge is 0.255 e. The number of amides is 1. The third kappa shape index (κ3) is 4.24. The van der Waals surface area contributed by atoms with Crippen molar-refractivity contribution in [3.8, 4) is 17.2 Å². The van der Waals surface area contributed by atoms with Gasteiger partial charge < -0.3 is 30.4 Å². The number of hydrogen-bond donors (Lipinski definition) is 3. The van der Waals surface area contributed by atoms with Crippen LogP contribution < -0.4 is 25.3 Å². The van der Waals surface area contributed by atoms with E-state index in [1.807, 2.05) is 0 Å². The second kappa shape index (κ2) is 7.70. The standard InChI is InChI=1S/C14H22N2O5/c1-8(17)10(15)7-16-14(18)9-5-12(20-3)13(21-4)6-11(9)19-2/h5-6,8,10,17H,7,15H2,1-4H3,(H,16,18). The van der Waals surface area contributed by atoms with E-state index in [4.69, 9.17) is 19.9 Å². The Balaban J connectivity index is 2.97. The zero-order valence-electron chi connectivity index (χ0n) is 12.7. The Morgan fingerprint density at radius 3 is 2.19 bits per heavy atom. The number of aliphatic hydroxyl groups is 1. The fourth-order valence-electron chi connectivity index (χ4n) is 1.68. The summed E-state index contributed by atoms with van der Waals surface area (Å²) in [6, 6.07) is 2.56. The average molecular weight is 298 g/mol. The largest absolute Gasteiger partial charge is 0.496 e. The third-order valence-corrected chi connectivity index (χ3v) is 3.07. The first-order chi connectivity index (χ1) is 9.94. The first kappa shape index (κ1) is 17.1. The van der Waals surface area contributed by atoms with Crippen molar-refractivity contribution >= 4 is 5.91 Å². The number of rotatable bonds is 7. The van der Waals surface area contributed by atoms with Crippen LogP contribution in [0.15, 0.2) is 12.1 Å². The molecule has 0 fully saturated rings. The highest BCUT2D eigenvalue weighted by Crippen LogP contribution is 2.34. The Bertz CT molecular complexity index is 490. The van der Waals surface area contributed by atoms with E-state index in [1.54, 1.807) is 13.0 Å². The van der Waals surface area contributed by atoms with E-state index in [1.165, 1.54) is 27.4 Å². The lowest BCUT2D eigenvalue weighted by molar-refractivity contribution is 0.0934. The molecule has 2 atom stereocenters.